The maximum absolute atomic E-state index is 12.5. The Labute approximate surface area is 732 Å². The van der Waals surface area contributed by atoms with E-state index in [2.05, 4.69) is 168 Å². The molecule has 662 valence electrons. The van der Waals surface area contributed by atoms with Crippen molar-refractivity contribution in [3.05, 3.63) is 250 Å². The van der Waals surface area contributed by atoms with Gasteiger partial charge in [-0.15, -0.1) is 0 Å². The van der Waals surface area contributed by atoms with E-state index in [1.807, 2.05) is 84.4 Å². The highest BCUT2D eigenvalue weighted by Crippen LogP contribution is 2.28. The Morgan fingerprint density at radius 2 is 0.938 bits per heavy atom. The molecule has 6 aliphatic rings. The number of aryl methyl sites for hydroxylation is 2. The van der Waals surface area contributed by atoms with E-state index in [1.165, 1.54) is 15.7 Å². The fourth-order valence-electron chi connectivity index (χ4n) is 15.5. The average Bonchev–Trinajstić information content (AvgIpc) is 1.66. The average molecular weight is 1740 g/mol. The van der Waals surface area contributed by atoms with Crippen LogP contribution in [0.15, 0.2) is 165 Å². The molecule has 17 N–H and O–H groups in total. The number of hydrogen-bond acceptors (Lipinski definition) is 29. The standard InChI is InChI=1S/C20H25N5O3.C19H22N6O.C18H20N6O.C17H18N6O.C16H18N6O3/c21-18-17-19-23-16(22-18)10-14(12-26)5-2-1-3-8-28-15-7-4-6-13(9-15)11-25(19)20(27)24-17;1-13-22-16-17(20)23-19-24-18(16)25(13)12-14-8-9-15(21-11-14)7-5-3-2-4-6-10-26-19;19-15-14-16-23-17(22-15)20-9-4-2-1-3-6-12-7-5-8-13(10-12)11-24(16)18(25)21-14;18-14-13-15-22-16(21-14)19-8-3-1-2-5-11-6-4-7-12(9-11)10-23(15)17(24)20-13;17-13-12-14-21-15(20-13)25-7-2-1-6-24-9-11-5-3-4-10(18-11)8-22(14)16(23)19-12/h4,6-7,9,14,26H,1-3,5,8,10-12H2,(H,24,27)(H2,21,22,23);2,4,8-9,11H,3,5-7,10,12H2,1H3,(H2,20,23,24);1,3,5,7-8,10H,2,4,6,9,11H2,(H,21,25)(H3,19,20,22,23);1-2,4,6-7,9H,3,5,8,10H2,(H,20,24)(H3,18,19,21,22);3-5H,1-2,6-9H2,(H,19,23)(H2,17,20,21)/b;4-2+;3-1+;2-1+;. The molecule has 0 saturated heterocycles. The highest BCUT2D eigenvalue weighted by molar-refractivity contribution is 5.86. The molecule has 3 aromatic carbocycles. The fraction of sp³-hybridized carbons (Fsp3) is 0.344. The number of fused-ring (bicyclic) bond motifs is 20. The number of imidazole rings is 5. The number of benzene rings is 3. The normalized spacial score (nSPS) is 16.5. The van der Waals surface area contributed by atoms with E-state index in [0.717, 1.165) is 154 Å². The molecule has 1 unspecified atom stereocenters. The van der Waals surface area contributed by atoms with Gasteiger partial charge < -0.3 is 87.9 Å². The largest absolute Gasteiger partial charge is 0.494 e. The molecule has 18 heterocycles. The molecule has 0 radical (unpaired) electrons. The number of pyridine rings is 2. The summed E-state index contributed by atoms with van der Waals surface area (Å²) in [5, 5.41) is 16.1. The Balaban J connectivity index is 0.000000118. The van der Waals surface area contributed by atoms with E-state index in [-0.39, 0.29) is 71.1 Å². The van der Waals surface area contributed by atoms with Gasteiger partial charge in [0, 0.05) is 44.6 Å². The number of nitrogens with zero attached hydrogens (tertiary/aromatic N) is 18. The van der Waals surface area contributed by atoms with E-state index in [4.69, 9.17) is 47.6 Å². The van der Waals surface area contributed by atoms with Gasteiger partial charge in [-0.25, -0.2) is 34.1 Å². The second kappa shape index (κ2) is 40.8. The van der Waals surface area contributed by atoms with Crippen LogP contribution in [-0.2, 0) is 69.8 Å². The highest BCUT2D eigenvalue weighted by atomic mass is 16.5. The number of aliphatic hydroxyl groups excluding tert-OH is 1. The lowest BCUT2D eigenvalue weighted by atomic mass is 9.98. The van der Waals surface area contributed by atoms with Crippen molar-refractivity contribution in [2.45, 2.75) is 149 Å². The third-order valence-electron chi connectivity index (χ3n) is 22.1. The van der Waals surface area contributed by atoms with Crippen LogP contribution >= 0.6 is 0 Å². The van der Waals surface area contributed by atoms with Gasteiger partial charge in [-0.05, 0) is 160 Å². The van der Waals surface area contributed by atoms with Crippen LogP contribution in [0, 0.1) is 12.8 Å². The number of aliphatic hydroxyl groups is 1. The maximum Gasteiger partial charge on any atom is 0.328 e. The molecular formula is C90H103N29O9. The Kier molecular flexibility index (Phi) is 27.6. The first-order valence-corrected chi connectivity index (χ1v) is 43.1. The van der Waals surface area contributed by atoms with Gasteiger partial charge in [0.15, 0.2) is 62.8 Å². The predicted molar refractivity (Wildman–Crippen MR) is 489 cm³/mol. The zero-order valence-electron chi connectivity index (χ0n) is 71.1. The second-order valence-electron chi connectivity index (χ2n) is 31.7. The predicted octanol–water partition coefficient (Wildman–Crippen LogP) is 9.23. The van der Waals surface area contributed by atoms with Gasteiger partial charge in [0.25, 0.3) is 0 Å². The summed E-state index contributed by atoms with van der Waals surface area (Å²) in [6.45, 7) is 8.28. The molecule has 15 aromatic rings. The van der Waals surface area contributed by atoms with E-state index in [1.54, 1.807) is 13.7 Å². The van der Waals surface area contributed by atoms with Crippen molar-refractivity contribution >= 4 is 96.8 Å². The topological polar surface area (TPSA) is 535 Å². The summed E-state index contributed by atoms with van der Waals surface area (Å²) in [7, 11) is 0. The highest BCUT2D eigenvalue weighted by Gasteiger charge is 2.23. The van der Waals surface area contributed by atoms with Gasteiger partial charge in [-0.2, -0.15) is 39.9 Å². The Morgan fingerprint density at radius 3 is 1.61 bits per heavy atom. The van der Waals surface area contributed by atoms with Crippen molar-refractivity contribution in [2.24, 2.45) is 5.92 Å². The number of anilines is 7. The molecule has 6 aliphatic heterocycles. The lowest BCUT2D eigenvalue weighted by Crippen LogP contribution is -2.18. The lowest BCUT2D eigenvalue weighted by Gasteiger charge is -2.14. The smallest absolute Gasteiger partial charge is 0.328 e. The zero-order chi connectivity index (χ0) is 88.4. The molecule has 0 spiro atoms. The molecule has 0 amide bonds. The fourth-order valence-corrected chi connectivity index (χ4v) is 15.5. The number of ether oxygens (including phenoxy) is 4. The molecule has 38 heteroatoms. The summed E-state index contributed by atoms with van der Waals surface area (Å²) in [5.41, 5.74) is 43.4. The number of aromatic amines is 4. The number of nitrogen functional groups attached to an aromatic ring is 5. The van der Waals surface area contributed by atoms with Gasteiger partial charge in [0.05, 0.1) is 70.5 Å². The number of aromatic nitrogens is 22. The van der Waals surface area contributed by atoms with E-state index in [9.17, 15) is 24.3 Å². The molecule has 1 atom stereocenters. The van der Waals surface area contributed by atoms with Crippen LogP contribution in [0.4, 0.5) is 41.0 Å². The number of H-pyrrole nitrogens is 4. The first-order valence-electron chi connectivity index (χ1n) is 43.1. The molecule has 0 aliphatic carbocycles. The minimum atomic E-state index is -0.319. The molecule has 20 bridgehead atoms. The Bertz CT molecular complexity index is 6790. The minimum absolute atomic E-state index is 0.0671. The van der Waals surface area contributed by atoms with Gasteiger partial charge >= 0.3 is 34.8 Å². The summed E-state index contributed by atoms with van der Waals surface area (Å²) in [6, 6.07) is 34.6. The minimum Gasteiger partial charge on any atom is -0.494 e. The monoisotopic (exact) mass is 1730 g/mol. The Hall–Kier alpha value is -15.0. The number of nitrogens with one attached hydrogen (secondary N) is 6. The molecule has 12 aromatic heterocycles. The van der Waals surface area contributed by atoms with Crippen LogP contribution in [-0.4, -0.2) is 159 Å². The van der Waals surface area contributed by atoms with Crippen molar-refractivity contribution in [3.63, 3.8) is 0 Å². The van der Waals surface area contributed by atoms with Gasteiger partial charge in [0.2, 0.25) is 11.9 Å². The SMILES string of the molecule is Cc1nc2c(N)nc3nc2n1Cc1ccc(nc1)CCC/C=C/CCO3.Nc1nc2nc3c1[nH]c(=O)n3Cc1cccc(c1)C/C=C/CCCN2.Nc1nc2nc3c1[nH]c(=O)n3Cc1cccc(c1)C/C=C/CCN2.Nc1nc2nc3c1[nH]c(=O)n3Cc1cccc(c1)OCCCCCC(CO)C2.Nc1nc2nc3c1[nH]c(=O)n3Cc1cccc(n1)COCCCCO2. The first kappa shape index (κ1) is 86.6. The molecule has 0 fully saturated rings. The quantitative estimate of drug-likeness (QED) is 0.0681. The van der Waals surface area contributed by atoms with Crippen LogP contribution in [0.3, 0.4) is 0 Å². The van der Waals surface area contributed by atoms with Crippen molar-refractivity contribution in [1.82, 2.24) is 108 Å². The maximum atomic E-state index is 12.5. The number of rotatable bonds is 1. The number of hydrogen-bond donors (Lipinski definition) is 12. The van der Waals surface area contributed by atoms with Gasteiger partial charge in [-0.1, -0.05) is 122 Å². The summed E-state index contributed by atoms with van der Waals surface area (Å²) in [4.78, 5) is 118. The number of allylic oxidation sites excluding steroid dienone is 4. The second-order valence-corrected chi connectivity index (χ2v) is 31.7. The summed E-state index contributed by atoms with van der Waals surface area (Å²) in [5.74, 6) is 4.47. The van der Waals surface area contributed by atoms with Crippen LogP contribution in [0.5, 0.6) is 17.8 Å². The van der Waals surface area contributed by atoms with Crippen molar-refractivity contribution in [2.75, 3.05) is 85.4 Å². The van der Waals surface area contributed by atoms with E-state index in [0.29, 0.717) is 158 Å². The van der Waals surface area contributed by atoms with E-state index < -0.39 is 0 Å². The van der Waals surface area contributed by atoms with Crippen molar-refractivity contribution < 1.29 is 24.1 Å². The van der Waals surface area contributed by atoms with Gasteiger partial charge in [-0.3, -0.25) is 28.2 Å². The zero-order valence-corrected chi connectivity index (χ0v) is 71.1. The molecule has 21 rings (SSSR count). The van der Waals surface area contributed by atoms with Crippen LogP contribution < -0.4 is 76.3 Å². The third kappa shape index (κ3) is 21.5. The van der Waals surface area contributed by atoms with Crippen LogP contribution in [0.1, 0.15) is 139 Å². The number of nitrogens with two attached hydrogens (primary N) is 5. The third-order valence-corrected chi connectivity index (χ3v) is 22.1. The summed E-state index contributed by atoms with van der Waals surface area (Å²) >= 11 is 0. The van der Waals surface area contributed by atoms with Crippen LogP contribution in [0.2, 0.25) is 0 Å². The van der Waals surface area contributed by atoms with Gasteiger partial charge in [0.1, 0.15) is 39.5 Å². The Morgan fingerprint density at radius 1 is 0.414 bits per heavy atom. The van der Waals surface area contributed by atoms with E-state index >= 15 is 0 Å². The molecular weight excluding hydrogens is 1630 g/mol. The first-order chi connectivity index (χ1) is 62.4. The summed E-state index contributed by atoms with van der Waals surface area (Å²) < 4.78 is 31.0. The molecule has 128 heavy (non-hydrogen) atoms. The molecule has 0 saturated carbocycles. The van der Waals surface area contributed by atoms with Crippen molar-refractivity contribution in [1.29, 1.82) is 0 Å². The van der Waals surface area contributed by atoms with Crippen LogP contribution in [0.25, 0.3) is 55.8 Å². The lowest BCUT2D eigenvalue weighted by molar-refractivity contribution is 0.110. The molecule has 38 nitrogen and oxygen atoms in total. The summed E-state index contributed by atoms with van der Waals surface area (Å²) in [6.07, 6.45) is 29.5. The van der Waals surface area contributed by atoms with Crippen molar-refractivity contribution in [3.8, 4) is 17.8 Å².